The number of amides is 1. The summed E-state index contributed by atoms with van der Waals surface area (Å²) in [4.78, 5) is 26.0. The molecule has 1 aliphatic carbocycles. The molecular formula is C21H26N2O4S. The number of anilines is 2. The maximum atomic E-state index is 12.5. The summed E-state index contributed by atoms with van der Waals surface area (Å²) in [6.07, 6.45) is 2.83. The van der Waals surface area contributed by atoms with Crippen LogP contribution in [0.25, 0.3) is 0 Å². The number of fused-ring (bicyclic) bond motifs is 1. The van der Waals surface area contributed by atoms with E-state index < -0.39 is 0 Å². The molecule has 0 bridgehead atoms. The smallest absolute Gasteiger partial charge is 0.341 e. The van der Waals surface area contributed by atoms with E-state index >= 15 is 0 Å². The molecule has 1 atom stereocenters. The molecule has 1 aromatic heterocycles. The first-order chi connectivity index (χ1) is 13.5. The number of carbonyl (C=O) groups is 2. The monoisotopic (exact) mass is 402 g/mol. The van der Waals surface area contributed by atoms with Crippen molar-refractivity contribution in [3.8, 4) is 0 Å². The Balaban J connectivity index is 1.67. The van der Waals surface area contributed by atoms with Crippen molar-refractivity contribution < 1.29 is 19.1 Å². The topological polar surface area (TPSA) is 76.7 Å². The lowest BCUT2D eigenvalue weighted by Crippen LogP contribution is -2.22. The average molecular weight is 403 g/mol. The Morgan fingerprint density at radius 1 is 1.29 bits per heavy atom. The van der Waals surface area contributed by atoms with Crippen LogP contribution in [-0.4, -0.2) is 32.1 Å². The van der Waals surface area contributed by atoms with Gasteiger partial charge in [0.05, 0.1) is 24.8 Å². The maximum Gasteiger partial charge on any atom is 0.341 e. The first-order valence-corrected chi connectivity index (χ1v) is 10.3. The number of methoxy groups -OCH3 is 1. The van der Waals surface area contributed by atoms with Gasteiger partial charge in [0.15, 0.2) is 0 Å². The zero-order valence-corrected chi connectivity index (χ0v) is 17.3. The number of aryl methyl sites for hydroxylation is 1. The first kappa shape index (κ1) is 20.4. The molecule has 1 unspecified atom stereocenters. The van der Waals surface area contributed by atoms with Crippen molar-refractivity contribution in [2.75, 3.05) is 30.9 Å². The fourth-order valence-corrected chi connectivity index (χ4v) is 4.60. The van der Waals surface area contributed by atoms with Crippen molar-refractivity contribution in [1.82, 2.24) is 0 Å². The van der Waals surface area contributed by atoms with E-state index in [4.69, 9.17) is 9.47 Å². The zero-order valence-electron chi connectivity index (χ0n) is 16.5. The van der Waals surface area contributed by atoms with E-state index in [2.05, 4.69) is 10.6 Å². The minimum absolute atomic E-state index is 0.0174. The van der Waals surface area contributed by atoms with E-state index in [0.717, 1.165) is 36.1 Å². The van der Waals surface area contributed by atoms with E-state index in [1.54, 1.807) is 14.0 Å². The van der Waals surface area contributed by atoms with Gasteiger partial charge >= 0.3 is 5.97 Å². The summed E-state index contributed by atoms with van der Waals surface area (Å²) in [5.74, 6) is -0.554. The second kappa shape index (κ2) is 9.21. The number of hydrogen-bond acceptors (Lipinski definition) is 6. The molecule has 1 amide bonds. The average Bonchev–Trinajstić information content (AvgIpc) is 3.26. The highest BCUT2D eigenvalue weighted by Gasteiger charge is 2.28. The maximum absolute atomic E-state index is 12.5. The fourth-order valence-electron chi connectivity index (χ4n) is 3.30. The number of rotatable bonds is 8. The molecule has 0 aliphatic heterocycles. The Bertz CT molecular complexity index is 862. The third kappa shape index (κ3) is 4.54. The third-order valence-corrected chi connectivity index (χ3v) is 6.02. The summed E-state index contributed by atoms with van der Waals surface area (Å²) < 4.78 is 10.5. The molecule has 2 aromatic rings. The molecule has 2 N–H and O–H groups in total. The highest BCUT2D eigenvalue weighted by atomic mass is 32.1. The molecule has 0 saturated heterocycles. The van der Waals surface area contributed by atoms with Gasteiger partial charge in [-0.05, 0) is 56.4 Å². The summed E-state index contributed by atoms with van der Waals surface area (Å²) >= 11 is 1.49. The molecule has 0 saturated carbocycles. The van der Waals surface area contributed by atoms with E-state index in [1.807, 2.05) is 31.2 Å². The van der Waals surface area contributed by atoms with Crippen LogP contribution in [0.1, 0.15) is 52.7 Å². The summed E-state index contributed by atoms with van der Waals surface area (Å²) in [7, 11) is 1.66. The van der Waals surface area contributed by atoms with Crippen LogP contribution >= 0.6 is 11.3 Å². The van der Waals surface area contributed by atoms with Gasteiger partial charge in [-0.15, -0.1) is 11.3 Å². The number of nitrogens with one attached hydrogen (secondary N) is 2. The summed E-state index contributed by atoms with van der Waals surface area (Å²) in [6.45, 7) is 4.17. The molecule has 28 heavy (non-hydrogen) atoms. The molecule has 7 heteroatoms. The van der Waals surface area contributed by atoms with Gasteiger partial charge in [-0.2, -0.15) is 0 Å². The minimum Gasteiger partial charge on any atom is -0.462 e. The molecule has 0 spiro atoms. The standard InChI is InChI=1S/C21H26N2O4S/c1-4-27-21(25)19-16-9-6-10-17(16)28-20(19)23-18(24)12-22-15-8-5-7-14(11-15)13(2)26-3/h5,7-8,11,13,22H,4,6,9-10,12H2,1-3H3,(H,23,24). The van der Waals surface area contributed by atoms with Crippen LogP contribution in [0.4, 0.5) is 10.7 Å². The molecule has 6 nitrogen and oxygen atoms in total. The van der Waals surface area contributed by atoms with Crippen LogP contribution in [0, 0.1) is 0 Å². The second-order valence-corrected chi connectivity index (χ2v) is 7.79. The normalized spacial score (nSPS) is 13.7. The minimum atomic E-state index is -0.355. The Hall–Kier alpha value is -2.38. The second-order valence-electron chi connectivity index (χ2n) is 6.69. The van der Waals surface area contributed by atoms with Crippen LogP contribution in [0.5, 0.6) is 0 Å². The van der Waals surface area contributed by atoms with Gasteiger partial charge in [0.1, 0.15) is 5.00 Å². The van der Waals surface area contributed by atoms with Gasteiger partial charge < -0.3 is 20.1 Å². The quantitative estimate of drug-likeness (QED) is 0.648. The van der Waals surface area contributed by atoms with Crippen LogP contribution < -0.4 is 10.6 Å². The van der Waals surface area contributed by atoms with Crippen molar-refractivity contribution >= 4 is 33.9 Å². The highest BCUT2D eigenvalue weighted by Crippen LogP contribution is 2.39. The lowest BCUT2D eigenvalue weighted by Gasteiger charge is -2.13. The molecule has 0 radical (unpaired) electrons. The number of benzene rings is 1. The van der Waals surface area contributed by atoms with Gasteiger partial charge in [-0.1, -0.05) is 12.1 Å². The van der Waals surface area contributed by atoms with Gasteiger partial charge in [-0.3, -0.25) is 4.79 Å². The van der Waals surface area contributed by atoms with Crippen LogP contribution in [-0.2, 0) is 27.1 Å². The Morgan fingerprint density at radius 2 is 2.11 bits per heavy atom. The van der Waals surface area contributed by atoms with Crippen LogP contribution in [0.15, 0.2) is 24.3 Å². The Labute approximate surface area is 169 Å². The predicted octanol–water partition coefficient (Wildman–Crippen LogP) is 4.17. The predicted molar refractivity (Wildman–Crippen MR) is 111 cm³/mol. The summed E-state index contributed by atoms with van der Waals surface area (Å²) in [5, 5.41) is 6.61. The molecular weight excluding hydrogens is 376 g/mol. The van der Waals surface area contributed by atoms with Gasteiger partial charge in [0.2, 0.25) is 5.91 Å². The number of hydrogen-bond donors (Lipinski definition) is 2. The third-order valence-electron chi connectivity index (χ3n) is 4.82. The molecule has 1 aliphatic rings. The van der Waals surface area contributed by atoms with Gasteiger partial charge in [0, 0.05) is 17.7 Å². The van der Waals surface area contributed by atoms with E-state index in [1.165, 1.54) is 16.2 Å². The van der Waals surface area contributed by atoms with Crippen molar-refractivity contribution in [2.24, 2.45) is 0 Å². The summed E-state index contributed by atoms with van der Waals surface area (Å²) in [6, 6.07) is 7.78. The van der Waals surface area contributed by atoms with Gasteiger partial charge in [0.25, 0.3) is 0 Å². The first-order valence-electron chi connectivity index (χ1n) is 9.51. The van der Waals surface area contributed by atoms with Crippen molar-refractivity contribution in [3.63, 3.8) is 0 Å². The van der Waals surface area contributed by atoms with Crippen molar-refractivity contribution in [3.05, 3.63) is 45.8 Å². The number of esters is 1. The molecule has 3 rings (SSSR count). The fraction of sp³-hybridized carbons (Fsp3) is 0.429. The molecule has 0 fully saturated rings. The van der Waals surface area contributed by atoms with E-state index in [0.29, 0.717) is 17.2 Å². The summed E-state index contributed by atoms with van der Waals surface area (Å²) in [5.41, 5.74) is 3.44. The zero-order chi connectivity index (χ0) is 20.1. The number of carbonyl (C=O) groups excluding carboxylic acids is 2. The van der Waals surface area contributed by atoms with Crippen LogP contribution in [0.2, 0.25) is 0 Å². The Morgan fingerprint density at radius 3 is 2.86 bits per heavy atom. The SMILES string of the molecule is CCOC(=O)c1c(NC(=O)CNc2cccc(C(C)OC)c2)sc2c1CCC2. The lowest BCUT2D eigenvalue weighted by atomic mass is 10.1. The largest absolute Gasteiger partial charge is 0.462 e. The van der Waals surface area contributed by atoms with Crippen molar-refractivity contribution in [2.45, 2.75) is 39.2 Å². The lowest BCUT2D eigenvalue weighted by molar-refractivity contribution is -0.114. The molecule has 1 heterocycles. The van der Waals surface area contributed by atoms with Gasteiger partial charge in [-0.25, -0.2) is 4.79 Å². The Kier molecular flexibility index (Phi) is 6.70. The van der Waals surface area contributed by atoms with Crippen molar-refractivity contribution in [1.29, 1.82) is 0 Å². The molecule has 1 aromatic carbocycles. The number of thiophene rings is 1. The van der Waals surface area contributed by atoms with Crippen LogP contribution in [0.3, 0.4) is 0 Å². The number of ether oxygens (including phenoxy) is 2. The van der Waals surface area contributed by atoms with E-state index in [-0.39, 0.29) is 24.5 Å². The molecule has 150 valence electrons. The van der Waals surface area contributed by atoms with E-state index in [9.17, 15) is 9.59 Å². The highest BCUT2D eigenvalue weighted by molar-refractivity contribution is 7.17.